The van der Waals surface area contributed by atoms with E-state index >= 15 is 0 Å². The van der Waals surface area contributed by atoms with Gasteiger partial charge in [0.05, 0.1) is 19.3 Å². The summed E-state index contributed by atoms with van der Waals surface area (Å²) in [5.41, 5.74) is 0. The lowest BCUT2D eigenvalue weighted by Gasteiger charge is -2.11. The molecule has 1 rings (SSSR count). The number of ether oxygens (including phenoxy) is 2. The predicted molar refractivity (Wildman–Crippen MR) is 63.3 cm³/mol. The van der Waals surface area contributed by atoms with Crippen molar-refractivity contribution in [3.8, 4) is 0 Å². The highest BCUT2D eigenvalue weighted by atomic mass is 32.1. The van der Waals surface area contributed by atoms with Crippen LogP contribution in [0.15, 0.2) is 17.5 Å². The van der Waals surface area contributed by atoms with E-state index in [0.29, 0.717) is 6.61 Å². The molecule has 0 aliphatic rings. The average molecular weight is 229 g/mol. The average Bonchev–Trinajstić information content (AvgIpc) is 2.70. The van der Waals surface area contributed by atoms with E-state index in [0.717, 1.165) is 19.7 Å². The maximum absolute atomic E-state index is 5.52. The van der Waals surface area contributed by atoms with Gasteiger partial charge in [0.2, 0.25) is 0 Å². The molecule has 1 atom stereocenters. The normalized spacial score (nSPS) is 12.9. The fourth-order valence-corrected chi connectivity index (χ4v) is 1.91. The van der Waals surface area contributed by atoms with Crippen LogP contribution in [-0.4, -0.2) is 33.0 Å². The zero-order chi connectivity index (χ0) is 10.9. The van der Waals surface area contributed by atoms with E-state index in [9.17, 15) is 0 Å². The molecule has 0 spiro atoms. The van der Waals surface area contributed by atoms with Crippen LogP contribution in [0.2, 0.25) is 0 Å². The molecule has 0 fully saturated rings. The lowest BCUT2D eigenvalue weighted by Crippen LogP contribution is -2.23. The summed E-state index contributed by atoms with van der Waals surface area (Å²) in [6, 6.07) is 4.20. The summed E-state index contributed by atoms with van der Waals surface area (Å²) in [6.45, 7) is 5.22. The Balaban J connectivity index is 1.93. The lowest BCUT2D eigenvalue weighted by molar-refractivity contribution is 0.0107. The third kappa shape index (κ3) is 5.89. The second kappa shape index (κ2) is 7.82. The van der Waals surface area contributed by atoms with Crippen LogP contribution >= 0.6 is 11.3 Å². The highest BCUT2D eigenvalue weighted by Crippen LogP contribution is 2.06. The van der Waals surface area contributed by atoms with Gasteiger partial charge in [-0.1, -0.05) is 6.07 Å². The Hall–Kier alpha value is -0.420. The molecule has 86 valence electrons. The number of hydrogen-bond acceptors (Lipinski definition) is 4. The first-order valence-electron chi connectivity index (χ1n) is 5.16. The van der Waals surface area contributed by atoms with Crippen LogP contribution in [0.4, 0.5) is 0 Å². The van der Waals surface area contributed by atoms with Gasteiger partial charge < -0.3 is 14.8 Å². The van der Waals surface area contributed by atoms with Crippen LogP contribution in [0.5, 0.6) is 0 Å². The van der Waals surface area contributed by atoms with Gasteiger partial charge in [-0.05, 0) is 18.4 Å². The SMILES string of the molecule is COCC(C)OCCNCc1cccs1. The van der Waals surface area contributed by atoms with Crippen molar-refractivity contribution in [2.45, 2.75) is 19.6 Å². The molecule has 0 aromatic carbocycles. The van der Waals surface area contributed by atoms with Crippen molar-refractivity contribution in [1.82, 2.24) is 5.32 Å². The zero-order valence-electron chi connectivity index (χ0n) is 9.36. The molecule has 1 unspecified atom stereocenters. The summed E-state index contributed by atoms with van der Waals surface area (Å²) < 4.78 is 10.5. The molecule has 4 heteroatoms. The van der Waals surface area contributed by atoms with E-state index in [1.54, 1.807) is 18.4 Å². The molecule has 0 saturated carbocycles. The Morgan fingerprint density at radius 3 is 3.07 bits per heavy atom. The van der Waals surface area contributed by atoms with Crippen molar-refractivity contribution in [2.24, 2.45) is 0 Å². The molecular formula is C11H19NO2S. The van der Waals surface area contributed by atoms with E-state index in [1.807, 2.05) is 6.92 Å². The molecule has 1 aromatic rings. The molecule has 3 nitrogen and oxygen atoms in total. The maximum atomic E-state index is 5.52. The van der Waals surface area contributed by atoms with Crippen LogP contribution in [0.3, 0.4) is 0 Å². The molecule has 0 bridgehead atoms. The highest BCUT2D eigenvalue weighted by molar-refractivity contribution is 7.09. The predicted octanol–water partition coefficient (Wildman–Crippen LogP) is 1.89. The second-order valence-corrected chi connectivity index (χ2v) is 4.43. The third-order valence-electron chi connectivity index (χ3n) is 1.96. The first-order chi connectivity index (χ1) is 7.33. The largest absolute Gasteiger partial charge is 0.382 e. The second-order valence-electron chi connectivity index (χ2n) is 3.39. The number of methoxy groups -OCH3 is 1. The monoisotopic (exact) mass is 229 g/mol. The summed E-state index contributed by atoms with van der Waals surface area (Å²) in [6.07, 6.45) is 0.179. The minimum Gasteiger partial charge on any atom is -0.382 e. The van der Waals surface area contributed by atoms with Gasteiger partial charge in [0, 0.05) is 25.1 Å². The van der Waals surface area contributed by atoms with Crippen molar-refractivity contribution < 1.29 is 9.47 Å². The molecule has 1 N–H and O–H groups in total. The van der Waals surface area contributed by atoms with Gasteiger partial charge in [-0.2, -0.15) is 0 Å². The van der Waals surface area contributed by atoms with Gasteiger partial charge in [0.15, 0.2) is 0 Å². The van der Waals surface area contributed by atoms with Crippen molar-refractivity contribution >= 4 is 11.3 Å². The van der Waals surface area contributed by atoms with Crippen LogP contribution in [-0.2, 0) is 16.0 Å². The van der Waals surface area contributed by atoms with Crippen molar-refractivity contribution in [3.05, 3.63) is 22.4 Å². The molecule has 1 heterocycles. The van der Waals surface area contributed by atoms with Crippen LogP contribution in [0.1, 0.15) is 11.8 Å². The van der Waals surface area contributed by atoms with Crippen molar-refractivity contribution in [2.75, 3.05) is 26.9 Å². The van der Waals surface area contributed by atoms with Crippen molar-refractivity contribution in [1.29, 1.82) is 0 Å². The van der Waals surface area contributed by atoms with Gasteiger partial charge in [-0.3, -0.25) is 0 Å². The summed E-state index contributed by atoms with van der Waals surface area (Å²) >= 11 is 1.77. The van der Waals surface area contributed by atoms with Crippen LogP contribution in [0.25, 0.3) is 0 Å². The third-order valence-corrected chi connectivity index (χ3v) is 2.84. The molecule has 0 saturated heterocycles. The standard InChI is InChI=1S/C11H19NO2S/c1-10(9-13-2)14-6-5-12-8-11-4-3-7-15-11/h3-4,7,10,12H,5-6,8-9H2,1-2H3. The topological polar surface area (TPSA) is 30.5 Å². The molecule has 0 aliphatic carbocycles. The highest BCUT2D eigenvalue weighted by Gasteiger charge is 1.99. The Labute approximate surface area is 95.4 Å². The van der Waals surface area contributed by atoms with Gasteiger partial charge >= 0.3 is 0 Å². The Bertz CT molecular complexity index is 239. The van der Waals surface area contributed by atoms with Crippen molar-refractivity contribution in [3.63, 3.8) is 0 Å². The van der Waals surface area contributed by atoms with Crippen LogP contribution in [0, 0.1) is 0 Å². The zero-order valence-corrected chi connectivity index (χ0v) is 10.2. The summed E-state index contributed by atoms with van der Waals surface area (Å²) in [5.74, 6) is 0. The molecule has 15 heavy (non-hydrogen) atoms. The van der Waals surface area contributed by atoms with Gasteiger partial charge in [-0.25, -0.2) is 0 Å². The molecule has 0 radical (unpaired) electrons. The van der Waals surface area contributed by atoms with Gasteiger partial charge in [0.25, 0.3) is 0 Å². The molecule has 0 amide bonds. The van der Waals surface area contributed by atoms with E-state index in [4.69, 9.17) is 9.47 Å². The van der Waals surface area contributed by atoms with E-state index in [2.05, 4.69) is 22.8 Å². The number of thiophene rings is 1. The minimum atomic E-state index is 0.179. The molecular weight excluding hydrogens is 210 g/mol. The fourth-order valence-electron chi connectivity index (χ4n) is 1.24. The van der Waals surface area contributed by atoms with Crippen LogP contribution < -0.4 is 5.32 Å². The minimum absolute atomic E-state index is 0.179. The first kappa shape index (κ1) is 12.6. The van der Waals surface area contributed by atoms with Gasteiger partial charge in [-0.15, -0.1) is 11.3 Å². The van der Waals surface area contributed by atoms with Gasteiger partial charge in [0.1, 0.15) is 0 Å². The quantitative estimate of drug-likeness (QED) is 0.691. The Morgan fingerprint density at radius 2 is 2.40 bits per heavy atom. The van der Waals surface area contributed by atoms with E-state index in [1.165, 1.54) is 4.88 Å². The summed E-state index contributed by atoms with van der Waals surface area (Å²) in [5, 5.41) is 5.42. The number of nitrogens with one attached hydrogen (secondary N) is 1. The Morgan fingerprint density at radius 1 is 1.53 bits per heavy atom. The first-order valence-corrected chi connectivity index (χ1v) is 6.04. The number of hydrogen-bond donors (Lipinski definition) is 1. The molecule has 1 aromatic heterocycles. The molecule has 0 aliphatic heterocycles. The summed E-state index contributed by atoms with van der Waals surface area (Å²) in [4.78, 5) is 1.36. The van der Waals surface area contributed by atoms with E-state index < -0.39 is 0 Å². The smallest absolute Gasteiger partial charge is 0.0780 e. The summed E-state index contributed by atoms with van der Waals surface area (Å²) in [7, 11) is 1.69. The Kier molecular flexibility index (Phi) is 6.59. The number of rotatable bonds is 8. The maximum Gasteiger partial charge on any atom is 0.0780 e. The lowest BCUT2D eigenvalue weighted by atomic mass is 10.4. The fraction of sp³-hybridized carbons (Fsp3) is 0.636. The van der Waals surface area contributed by atoms with E-state index in [-0.39, 0.29) is 6.10 Å².